The smallest absolute Gasteiger partial charge is 0.253 e. The Kier molecular flexibility index (Phi) is 6.43. The quantitative estimate of drug-likeness (QED) is 0.796. The molecular weight excluding hydrogens is 396 g/mol. The zero-order valence-corrected chi connectivity index (χ0v) is 17.6. The average molecular weight is 421 g/mol. The van der Waals surface area contributed by atoms with Gasteiger partial charge in [-0.2, -0.15) is 0 Å². The molecule has 5 nitrogen and oxygen atoms in total. The van der Waals surface area contributed by atoms with E-state index in [9.17, 15) is 13.2 Å². The highest BCUT2D eigenvalue weighted by atomic mass is 35.5. The number of nitrogens with one attached hydrogen (secondary N) is 1. The van der Waals surface area contributed by atoms with Crippen molar-refractivity contribution >= 4 is 27.5 Å². The van der Waals surface area contributed by atoms with Crippen molar-refractivity contribution in [2.45, 2.75) is 31.7 Å². The van der Waals surface area contributed by atoms with Crippen LogP contribution in [-0.4, -0.2) is 32.3 Å². The second-order valence-corrected chi connectivity index (χ2v) is 9.75. The number of piperidine rings is 1. The highest BCUT2D eigenvalue weighted by Gasteiger charge is 2.27. The van der Waals surface area contributed by atoms with Crippen molar-refractivity contribution in [1.29, 1.82) is 0 Å². The van der Waals surface area contributed by atoms with Crippen LogP contribution < -0.4 is 4.72 Å². The summed E-state index contributed by atoms with van der Waals surface area (Å²) >= 11 is 6.16. The minimum Gasteiger partial charge on any atom is -0.338 e. The number of halogens is 1. The maximum Gasteiger partial charge on any atom is 0.253 e. The SMILES string of the molecule is CC1CC(C)CN(C(=O)c2ccc(Cl)c(S(=O)(=O)NCc3ccccc3)c2)C1. The van der Waals surface area contributed by atoms with E-state index in [2.05, 4.69) is 18.6 Å². The first-order valence-electron chi connectivity index (χ1n) is 9.38. The summed E-state index contributed by atoms with van der Waals surface area (Å²) in [7, 11) is -3.85. The highest BCUT2D eigenvalue weighted by Crippen LogP contribution is 2.26. The number of amides is 1. The van der Waals surface area contributed by atoms with Crippen LogP contribution in [0.3, 0.4) is 0 Å². The summed E-state index contributed by atoms with van der Waals surface area (Å²) in [6, 6.07) is 13.7. The van der Waals surface area contributed by atoms with Gasteiger partial charge < -0.3 is 4.90 Å². The summed E-state index contributed by atoms with van der Waals surface area (Å²) in [5.41, 5.74) is 1.18. The maximum absolute atomic E-state index is 12.9. The average Bonchev–Trinajstić information content (AvgIpc) is 2.66. The lowest BCUT2D eigenvalue weighted by Crippen LogP contribution is -2.42. The molecule has 0 saturated carbocycles. The molecule has 0 radical (unpaired) electrons. The van der Waals surface area contributed by atoms with E-state index >= 15 is 0 Å². The van der Waals surface area contributed by atoms with E-state index < -0.39 is 10.0 Å². The summed E-state index contributed by atoms with van der Waals surface area (Å²) in [5.74, 6) is 0.695. The number of sulfonamides is 1. The Balaban J connectivity index is 1.81. The molecule has 0 bridgehead atoms. The fourth-order valence-electron chi connectivity index (χ4n) is 3.71. The van der Waals surface area contributed by atoms with Crippen molar-refractivity contribution in [2.24, 2.45) is 11.8 Å². The van der Waals surface area contributed by atoms with Crippen molar-refractivity contribution in [2.75, 3.05) is 13.1 Å². The number of carbonyl (C=O) groups excluding carboxylic acids is 1. The summed E-state index contributed by atoms with van der Waals surface area (Å²) in [5, 5.41) is 0.0949. The van der Waals surface area contributed by atoms with Gasteiger partial charge >= 0.3 is 0 Å². The van der Waals surface area contributed by atoms with E-state index in [1.165, 1.54) is 12.1 Å². The number of likely N-dealkylation sites (tertiary alicyclic amines) is 1. The zero-order valence-electron chi connectivity index (χ0n) is 16.1. The molecule has 7 heteroatoms. The first kappa shape index (κ1) is 20.8. The van der Waals surface area contributed by atoms with Crippen LogP contribution in [0.5, 0.6) is 0 Å². The molecule has 1 amide bonds. The molecule has 1 N–H and O–H groups in total. The van der Waals surface area contributed by atoms with Gasteiger partial charge in [0.05, 0.1) is 5.02 Å². The molecular formula is C21H25ClN2O3S. The fourth-order valence-corrected chi connectivity index (χ4v) is 5.25. The Labute approximate surface area is 171 Å². The van der Waals surface area contributed by atoms with Crippen molar-refractivity contribution < 1.29 is 13.2 Å². The minimum atomic E-state index is -3.85. The number of carbonyl (C=O) groups is 1. The van der Waals surface area contributed by atoms with Gasteiger partial charge in [0.1, 0.15) is 4.90 Å². The zero-order chi connectivity index (χ0) is 20.3. The van der Waals surface area contributed by atoms with Gasteiger partial charge in [0.2, 0.25) is 10.0 Å². The Morgan fingerprint density at radius 3 is 2.39 bits per heavy atom. The predicted molar refractivity (Wildman–Crippen MR) is 111 cm³/mol. The Morgan fingerprint density at radius 1 is 1.11 bits per heavy atom. The molecule has 1 aliphatic heterocycles. The molecule has 28 heavy (non-hydrogen) atoms. The molecule has 1 heterocycles. The van der Waals surface area contributed by atoms with Gasteiger partial charge in [-0.3, -0.25) is 4.79 Å². The van der Waals surface area contributed by atoms with Gasteiger partial charge in [-0.1, -0.05) is 55.8 Å². The van der Waals surface area contributed by atoms with Crippen LogP contribution in [0.4, 0.5) is 0 Å². The van der Waals surface area contributed by atoms with Gasteiger partial charge in [0, 0.05) is 25.2 Å². The molecule has 150 valence electrons. The van der Waals surface area contributed by atoms with Crippen LogP contribution in [-0.2, 0) is 16.6 Å². The van der Waals surface area contributed by atoms with Crippen LogP contribution in [0.25, 0.3) is 0 Å². The third kappa shape index (κ3) is 4.93. The third-order valence-corrected chi connectivity index (χ3v) is 6.82. The van der Waals surface area contributed by atoms with Gasteiger partial charge in [-0.05, 0) is 42.0 Å². The van der Waals surface area contributed by atoms with Crippen molar-refractivity contribution in [1.82, 2.24) is 9.62 Å². The van der Waals surface area contributed by atoms with Crippen LogP contribution in [0, 0.1) is 11.8 Å². The van der Waals surface area contributed by atoms with Crippen LogP contribution >= 0.6 is 11.6 Å². The molecule has 2 aromatic carbocycles. The predicted octanol–water partition coefficient (Wildman–Crippen LogP) is 3.94. The highest BCUT2D eigenvalue weighted by molar-refractivity contribution is 7.89. The fraction of sp³-hybridized carbons (Fsp3) is 0.381. The van der Waals surface area contributed by atoms with Gasteiger partial charge in [-0.15, -0.1) is 0 Å². The standard InChI is InChI=1S/C21H25ClN2O3S/c1-15-10-16(2)14-24(13-15)21(25)18-8-9-19(22)20(11-18)28(26,27)23-12-17-6-4-3-5-7-17/h3-9,11,15-16,23H,10,12-14H2,1-2H3. The number of hydrogen-bond donors (Lipinski definition) is 1. The third-order valence-electron chi connectivity index (χ3n) is 4.93. The van der Waals surface area contributed by atoms with Crippen molar-refractivity contribution in [3.63, 3.8) is 0 Å². The molecule has 0 aliphatic carbocycles. The van der Waals surface area contributed by atoms with Crippen LogP contribution in [0.15, 0.2) is 53.4 Å². The van der Waals surface area contributed by atoms with E-state index in [1.807, 2.05) is 30.3 Å². The number of rotatable bonds is 5. The lowest BCUT2D eigenvalue weighted by atomic mass is 9.91. The first-order chi connectivity index (χ1) is 13.3. The number of benzene rings is 2. The molecule has 2 unspecified atom stereocenters. The Hall–Kier alpha value is -1.89. The summed E-state index contributed by atoms with van der Waals surface area (Å²) in [4.78, 5) is 14.7. The molecule has 1 saturated heterocycles. The Morgan fingerprint density at radius 2 is 1.75 bits per heavy atom. The summed E-state index contributed by atoms with van der Waals surface area (Å²) < 4.78 is 28.1. The monoisotopic (exact) mass is 420 g/mol. The van der Waals surface area contributed by atoms with Gasteiger partial charge in [0.15, 0.2) is 0 Å². The second-order valence-electron chi connectivity index (χ2n) is 7.61. The molecule has 0 spiro atoms. The minimum absolute atomic E-state index is 0.0749. The van der Waals surface area contributed by atoms with Gasteiger partial charge in [0.25, 0.3) is 5.91 Å². The molecule has 3 rings (SSSR count). The van der Waals surface area contributed by atoms with Crippen LogP contribution in [0.2, 0.25) is 5.02 Å². The summed E-state index contributed by atoms with van der Waals surface area (Å²) in [6.07, 6.45) is 1.09. The molecule has 1 fully saturated rings. The number of nitrogens with zero attached hydrogens (tertiary/aromatic N) is 1. The topological polar surface area (TPSA) is 66.5 Å². The maximum atomic E-state index is 12.9. The normalized spacial score (nSPS) is 20.2. The lowest BCUT2D eigenvalue weighted by molar-refractivity contribution is 0.0623. The lowest BCUT2D eigenvalue weighted by Gasteiger charge is -2.35. The molecule has 1 aliphatic rings. The van der Waals surface area contributed by atoms with E-state index in [-0.39, 0.29) is 22.4 Å². The van der Waals surface area contributed by atoms with E-state index in [1.54, 1.807) is 11.0 Å². The number of hydrogen-bond acceptors (Lipinski definition) is 3. The van der Waals surface area contributed by atoms with E-state index in [0.717, 1.165) is 12.0 Å². The largest absolute Gasteiger partial charge is 0.338 e. The Bertz CT molecular complexity index is 937. The van der Waals surface area contributed by atoms with E-state index in [4.69, 9.17) is 11.6 Å². The van der Waals surface area contributed by atoms with Crippen LogP contribution in [0.1, 0.15) is 36.2 Å². The van der Waals surface area contributed by atoms with Gasteiger partial charge in [-0.25, -0.2) is 13.1 Å². The first-order valence-corrected chi connectivity index (χ1v) is 11.2. The van der Waals surface area contributed by atoms with E-state index in [0.29, 0.717) is 30.5 Å². The molecule has 2 atom stereocenters. The second kappa shape index (κ2) is 8.64. The summed E-state index contributed by atoms with van der Waals surface area (Å²) in [6.45, 7) is 5.77. The molecule has 0 aromatic heterocycles. The molecule has 2 aromatic rings. The van der Waals surface area contributed by atoms with Crippen molar-refractivity contribution in [3.8, 4) is 0 Å². The van der Waals surface area contributed by atoms with Crippen molar-refractivity contribution in [3.05, 3.63) is 64.7 Å².